The molecular weight excluding hydrogens is 348 g/mol. The Balaban J connectivity index is 2.14. The van der Waals surface area contributed by atoms with Crippen molar-refractivity contribution in [3.63, 3.8) is 0 Å². The number of aliphatic hydroxyl groups excluding tert-OH is 1. The van der Waals surface area contributed by atoms with E-state index < -0.39 is 17.7 Å². The number of benzene rings is 1. The van der Waals surface area contributed by atoms with E-state index in [4.69, 9.17) is 9.47 Å². The maximum Gasteiger partial charge on any atom is 0.290 e. The van der Waals surface area contributed by atoms with E-state index in [-0.39, 0.29) is 17.9 Å². The number of aromatic nitrogens is 1. The van der Waals surface area contributed by atoms with Gasteiger partial charge in [-0.2, -0.15) is 0 Å². The molecule has 0 bridgehead atoms. The van der Waals surface area contributed by atoms with Gasteiger partial charge in [0.1, 0.15) is 11.5 Å². The lowest BCUT2D eigenvalue weighted by atomic mass is 9.95. The lowest BCUT2D eigenvalue weighted by molar-refractivity contribution is -0.130. The quantitative estimate of drug-likeness (QED) is 0.843. The van der Waals surface area contributed by atoms with Crippen molar-refractivity contribution in [2.45, 2.75) is 19.5 Å². The molecule has 0 saturated heterocycles. The van der Waals surface area contributed by atoms with Crippen molar-refractivity contribution < 1.29 is 24.2 Å². The second-order valence-electron chi connectivity index (χ2n) is 6.12. The minimum Gasteiger partial charge on any atom is -0.503 e. The fourth-order valence-electron chi connectivity index (χ4n) is 3.24. The van der Waals surface area contributed by atoms with Crippen molar-refractivity contribution in [3.8, 4) is 11.5 Å². The molecule has 140 valence electrons. The molecule has 0 aliphatic carbocycles. The van der Waals surface area contributed by atoms with Gasteiger partial charge in [-0.15, -0.1) is 0 Å². The number of aliphatic hydroxyl groups is 1. The van der Waals surface area contributed by atoms with Gasteiger partial charge in [-0.25, -0.2) is 0 Å². The molecule has 3 rings (SSSR count). The predicted octanol–water partition coefficient (Wildman–Crippen LogP) is 2.58. The van der Waals surface area contributed by atoms with Crippen LogP contribution in [0.3, 0.4) is 0 Å². The molecule has 1 aromatic heterocycles. The number of amides is 1. The monoisotopic (exact) mass is 368 g/mol. The molecule has 2 aromatic rings. The Morgan fingerprint density at radius 3 is 2.63 bits per heavy atom. The van der Waals surface area contributed by atoms with Crippen molar-refractivity contribution in [1.82, 2.24) is 9.88 Å². The summed E-state index contributed by atoms with van der Waals surface area (Å²) in [5.41, 5.74) is 1.37. The summed E-state index contributed by atoms with van der Waals surface area (Å²) in [7, 11) is 3.03. The molecule has 27 heavy (non-hydrogen) atoms. The molecule has 0 saturated carbocycles. The first-order chi connectivity index (χ1) is 13.0. The first-order valence-corrected chi connectivity index (χ1v) is 8.33. The van der Waals surface area contributed by atoms with Crippen LogP contribution < -0.4 is 9.47 Å². The zero-order chi connectivity index (χ0) is 19.6. The van der Waals surface area contributed by atoms with Gasteiger partial charge >= 0.3 is 0 Å². The molecule has 0 radical (unpaired) electrons. The molecule has 1 N–H and O–H groups in total. The second-order valence-corrected chi connectivity index (χ2v) is 6.12. The van der Waals surface area contributed by atoms with E-state index in [1.165, 1.54) is 26.0 Å². The van der Waals surface area contributed by atoms with E-state index in [1.54, 1.807) is 36.7 Å². The highest BCUT2D eigenvalue weighted by Crippen LogP contribution is 2.43. The standard InChI is InChI=1S/C20H20N2O5/c1-12(23)17-18(15-9-14(26-2)6-7-16(15)27-3)22(20(25)19(17)24)11-13-5-4-8-21-10-13/h4-10,18,24H,11H2,1-3H3/t18-/m0/s1. The lowest BCUT2D eigenvalue weighted by Crippen LogP contribution is -2.30. The molecule has 0 unspecified atom stereocenters. The van der Waals surface area contributed by atoms with Crippen molar-refractivity contribution in [3.05, 3.63) is 65.2 Å². The SMILES string of the molecule is COc1ccc(OC)c([C@H]2C(C(C)=O)=C(O)C(=O)N2Cc2cccnc2)c1. The fourth-order valence-corrected chi connectivity index (χ4v) is 3.24. The number of Topliss-reactive ketones (excluding diaryl/α,β-unsaturated/α-hetero) is 1. The predicted molar refractivity (Wildman–Crippen MR) is 97.4 cm³/mol. The third-order valence-corrected chi connectivity index (χ3v) is 4.49. The first kappa shape index (κ1) is 18.4. The maximum absolute atomic E-state index is 12.7. The molecule has 1 aliphatic rings. The van der Waals surface area contributed by atoms with E-state index in [9.17, 15) is 14.7 Å². The fraction of sp³-hybridized carbons (Fsp3) is 0.250. The molecule has 2 heterocycles. The topological polar surface area (TPSA) is 89.0 Å². The Bertz CT molecular complexity index is 908. The summed E-state index contributed by atoms with van der Waals surface area (Å²) in [4.78, 5) is 30.5. The van der Waals surface area contributed by atoms with Gasteiger partial charge < -0.3 is 19.5 Å². The highest BCUT2D eigenvalue weighted by molar-refractivity contribution is 6.08. The number of nitrogens with zero attached hydrogens (tertiary/aromatic N) is 2. The zero-order valence-corrected chi connectivity index (χ0v) is 15.3. The summed E-state index contributed by atoms with van der Waals surface area (Å²) < 4.78 is 10.7. The van der Waals surface area contributed by atoms with Crippen LogP contribution in [0.5, 0.6) is 11.5 Å². The molecule has 7 heteroatoms. The van der Waals surface area contributed by atoms with Crippen molar-refractivity contribution in [2.24, 2.45) is 0 Å². The van der Waals surface area contributed by atoms with Crippen LogP contribution in [0, 0.1) is 0 Å². The van der Waals surface area contributed by atoms with Crippen LogP contribution in [0.15, 0.2) is 54.1 Å². The largest absolute Gasteiger partial charge is 0.503 e. The molecule has 0 fully saturated rings. The molecule has 1 amide bonds. The number of methoxy groups -OCH3 is 2. The van der Waals surface area contributed by atoms with Crippen LogP contribution in [0.25, 0.3) is 0 Å². The molecule has 1 aromatic carbocycles. The second kappa shape index (κ2) is 7.49. The summed E-state index contributed by atoms with van der Waals surface area (Å²) in [6, 6.07) is 7.92. The number of carbonyl (C=O) groups excluding carboxylic acids is 2. The van der Waals surface area contributed by atoms with Crippen LogP contribution >= 0.6 is 0 Å². The summed E-state index contributed by atoms with van der Waals surface area (Å²) in [5, 5.41) is 10.4. The van der Waals surface area contributed by atoms with Gasteiger partial charge in [0, 0.05) is 24.5 Å². The summed E-state index contributed by atoms with van der Waals surface area (Å²) in [5.74, 6) is -0.503. The minimum atomic E-state index is -0.791. The third kappa shape index (κ3) is 3.36. The Labute approximate surface area is 156 Å². The number of hydrogen-bond donors (Lipinski definition) is 1. The van der Waals surface area contributed by atoms with Gasteiger partial charge in [0.2, 0.25) is 0 Å². The number of rotatable bonds is 6. The van der Waals surface area contributed by atoms with E-state index in [1.807, 2.05) is 6.07 Å². The van der Waals surface area contributed by atoms with Gasteiger partial charge in [-0.05, 0) is 36.8 Å². The van der Waals surface area contributed by atoms with Gasteiger partial charge in [-0.3, -0.25) is 14.6 Å². The van der Waals surface area contributed by atoms with Crippen molar-refractivity contribution in [1.29, 1.82) is 0 Å². The Hall–Kier alpha value is -3.35. The van der Waals surface area contributed by atoms with Gasteiger partial charge in [0.05, 0.1) is 25.8 Å². The minimum absolute atomic E-state index is 0.0374. The van der Waals surface area contributed by atoms with Crippen molar-refractivity contribution in [2.75, 3.05) is 14.2 Å². The third-order valence-electron chi connectivity index (χ3n) is 4.49. The number of carbonyl (C=O) groups is 2. The Kier molecular flexibility index (Phi) is 5.12. The maximum atomic E-state index is 12.7. The number of ketones is 1. The number of ether oxygens (including phenoxy) is 2. The van der Waals surface area contributed by atoms with Crippen LogP contribution in [-0.4, -0.2) is 40.9 Å². The Morgan fingerprint density at radius 2 is 2.04 bits per heavy atom. The summed E-state index contributed by atoms with van der Waals surface area (Å²) >= 11 is 0. The molecule has 1 aliphatic heterocycles. The van der Waals surface area contributed by atoms with E-state index >= 15 is 0 Å². The van der Waals surface area contributed by atoms with Gasteiger partial charge in [-0.1, -0.05) is 6.07 Å². The highest BCUT2D eigenvalue weighted by Gasteiger charge is 2.43. The molecule has 1 atom stereocenters. The van der Waals surface area contributed by atoms with Crippen LogP contribution in [0.2, 0.25) is 0 Å². The average Bonchev–Trinajstić information content (AvgIpc) is 2.93. The Morgan fingerprint density at radius 1 is 1.26 bits per heavy atom. The lowest BCUT2D eigenvalue weighted by Gasteiger charge is -2.28. The summed E-state index contributed by atoms with van der Waals surface area (Å²) in [6.45, 7) is 1.50. The van der Waals surface area contributed by atoms with E-state index in [2.05, 4.69) is 4.98 Å². The van der Waals surface area contributed by atoms with Gasteiger partial charge in [0.15, 0.2) is 11.5 Å². The van der Waals surface area contributed by atoms with Crippen LogP contribution in [0.4, 0.5) is 0 Å². The molecule has 0 spiro atoms. The van der Waals surface area contributed by atoms with Crippen molar-refractivity contribution >= 4 is 11.7 Å². The summed E-state index contributed by atoms with van der Waals surface area (Å²) in [6.07, 6.45) is 3.27. The van der Waals surface area contributed by atoms with E-state index in [0.29, 0.717) is 17.1 Å². The van der Waals surface area contributed by atoms with Crippen LogP contribution in [0.1, 0.15) is 24.1 Å². The normalized spacial score (nSPS) is 16.6. The smallest absolute Gasteiger partial charge is 0.290 e. The van der Waals surface area contributed by atoms with Gasteiger partial charge in [0.25, 0.3) is 5.91 Å². The number of pyridine rings is 1. The first-order valence-electron chi connectivity index (χ1n) is 8.33. The molecule has 7 nitrogen and oxygen atoms in total. The molecular formula is C20H20N2O5. The van der Waals surface area contributed by atoms with E-state index in [0.717, 1.165) is 5.56 Å². The highest BCUT2D eigenvalue weighted by atomic mass is 16.5. The average molecular weight is 368 g/mol. The zero-order valence-electron chi connectivity index (χ0n) is 15.3. The number of hydrogen-bond acceptors (Lipinski definition) is 6. The van der Waals surface area contributed by atoms with Crippen LogP contribution in [-0.2, 0) is 16.1 Å².